The van der Waals surface area contributed by atoms with Crippen LogP contribution < -0.4 is 5.32 Å². The van der Waals surface area contributed by atoms with Gasteiger partial charge in [-0.3, -0.25) is 0 Å². The lowest BCUT2D eigenvalue weighted by atomic mass is 9.95. The Kier molecular flexibility index (Phi) is 8.94. The van der Waals surface area contributed by atoms with Crippen LogP contribution in [0.3, 0.4) is 0 Å². The van der Waals surface area contributed by atoms with E-state index in [-0.39, 0.29) is 0 Å². The molecule has 0 bridgehead atoms. The van der Waals surface area contributed by atoms with Gasteiger partial charge in [-0.15, -0.1) is 0 Å². The van der Waals surface area contributed by atoms with Crippen molar-refractivity contribution >= 4 is 23.0 Å². The molecule has 4 nitrogen and oxygen atoms in total. The molecule has 28 heavy (non-hydrogen) atoms. The van der Waals surface area contributed by atoms with Gasteiger partial charge < -0.3 is 10.2 Å². The highest BCUT2D eigenvalue weighted by Crippen LogP contribution is 2.35. The van der Waals surface area contributed by atoms with Crippen LogP contribution in [0.2, 0.25) is 5.15 Å². The minimum atomic E-state index is 0.300. The van der Waals surface area contributed by atoms with Gasteiger partial charge in [0.15, 0.2) is 0 Å². The van der Waals surface area contributed by atoms with E-state index in [1.54, 1.807) is 0 Å². The monoisotopic (exact) mass is 400 g/mol. The maximum atomic E-state index is 6.55. The highest BCUT2D eigenvalue weighted by Gasteiger charge is 2.19. The van der Waals surface area contributed by atoms with Crippen LogP contribution in [0.15, 0.2) is 42.2 Å². The molecule has 0 spiro atoms. The van der Waals surface area contributed by atoms with Crippen molar-refractivity contribution < 1.29 is 0 Å². The minimum absolute atomic E-state index is 0.300. The van der Waals surface area contributed by atoms with Gasteiger partial charge in [-0.05, 0) is 64.4 Å². The first-order valence-corrected chi connectivity index (χ1v) is 10.6. The molecule has 1 unspecified atom stereocenters. The van der Waals surface area contributed by atoms with Gasteiger partial charge in [0, 0.05) is 6.04 Å². The molecule has 152 valence electrons. The second-order valence-corrected chi connectivity index (χ2v) is 7.70. The molecule has 1 heterocycles. The van der Waals surface area contributed by atoms with E-state index in [0.29, 0.717) is 11.2 Å². The summed E-state index contributed by atoms with van der Waals surface area (Å²) in [6.07, 6.45) is 3.76. The van der Waals surface area contributed by atoms with Crippen LogP contribution in [0, 0.1) is 0 Å². The van der Waals surface area contributed by atoms with E-state index in [4.69, 9.17) is 11.6 Å². The van der Waals surface area contributed by atoms with Gasteiger partial charge in [0.25, 0.3) is 0 Å². The van der Waals surface area contributed by atoms with Crippen LogP contribution in [-0.2, 0) is 0 Å². The van der Waals surface area contributed by atoms with Gasteiger partial charge in [-0.2, -0.15) is 0 Å². The summed E-state index contributed by atoms with van der Waals surface area (Å²) < 4.78 is 0. The molecule has 0 aliphatic carbocycles. The highest BCUT2D eigenvalue weighted by molar-refractivity contribution is 6.31. The van der Waals surface area contributed by atoms with Gasteiger partial charge in [0.2, 0.25) is 0 Å². The third-order valence-corrected chi connectivity index (χ3v) is 5.29. The summed E-state index contributed by atoms with van der Waals surface area (Å²) in [6.45, 7) is 14.2. The number of hydrogen-bond donors (Lipinski definition) is 1. The van der Waals surface area contributed by atoms with Crippen molar-refractivity contribution in [2.24, 2.45) is 0 Å². The molecule has 0 aliphatic rings. The fourth-order valence-electron chi connectivity index (χ4n) is 3.45. The number of anilines is 1. The zero-order chi connectivity index (χ0) is 20.5. The highest BCUT2D eigenvalue weighted by atomic mass is 35.5. The lowest BCUT2D eigenvalue weighted by Gasteiger charge is -2.22. The van der Waals surface area contributed by atoms with Crippen LogP contribution in [0.25, 0.3) is 5.57 Å². The SMILES string of the molecule is CCN(CC)CCCC(C)Nc1ncnc(Cl)c1C(=C(C)C)c1ccccc1. The summed E-state index contributed by atoms with van der Waals surface area (Å²) in [5.41, 5.74) is 4.27. The summed E-state index contributed by atoms with van der Waals surface area (Å²) in [4.78, 5) is 11.2. The molecule has 0 amide bonds. The molecule has 0 aliphatic heterocycles. The number of hydrogen-bond acceptors (Lipinski definition) is 4. The predicted octanol–water partition coefficient (Wildman–Crippen LogP) is 5.89. The summed E-state index contributed by atoms with van der Waals surface area (Å²) >= 11 is 6.55. The van der Waals surface area contributed by atoms with Crippen LogP contribution >= 0.6 is 11.6 Å². The predicted molar refractivity (Wildman–Crippen MR) is 121 cm³/mol. The Morgan fingerprint density at radius 3 is 2.39 bits per heavy atom. The van der Waals surface area contributed by atoms with Crippen LogP contribution in [0.4, 0.5) is 5.82 Å². The van der Waals surface area contributed by atoms with E-state index in [0.717, 1.165) is 55.0 Å². The van der Waals surface area contributed by atoms with E-state index in [1.165, 1.54) is 11.9 Å². The average molecular weight is 401 g/mol. The maximum absolute atomic E-state index is 6.55. The molecule has 1 aromatic carbocycles. The number of nitrogens with one attached hydrogen (secondary N) is 1. The van der Waals surface area contributed by atoms with E-state index in [2.05, 4.69) is 66.9 Å². The lowest BCUT2D eigenvalue weighted by molar-refractivity contribution is 0.295. The summed E-state index contributed by atoms with van der Waals surface area (Å²) in [5.74, 6) is 0.801. The first kappa shape index (κ1) is 22.4. The molecule has 1 atom stereocenters. The van der Waals surface area contributed by atoms with Crippen molar-refractivity contribution in [3.63, 3.8) is 0 Å². The van der Waals surface area contributed by atoms with Crippen molar-refractivity contribution in [1.29, 1.82) is 0 Å². The average Bonchev–Trinajstić information content (AvgIpc) is 2.68. The van der Waals surface area contributed by atoms with Gasteiger partial charge >= 0.3 is 0 Å². The Labute approximate surface area is 175 Å². The standard InChI is InChI=1S/C23H33ClN4/c1-6-28(7-2)15-11-12-18(5)27-23-21(22(24)25-16-26-23)20(17(3)4)19-13-9-8-10-14-19/h8-10,13-14,16,18H,6-7,11-12,15H2,1-5H3,(H,25,26,27). The first-order chi connectivity index (χ1) is 13.5. The first-order valence-electron chi connectivity index (χ1n) is 10.2. The Balaban J connectivity index is 2.23. The Morgan fingerprint density at radius 2 is 1.79 bits per heavy atom. The van der Waals surface area contributed by atoms with Crippen LogP contribution in [0.5, 0.6) is 0 Å². The Hall–Kier alpha value is -1.91. The normalized spacial score (nSPS) is 12.1. The molecule has 1 N–H and O–H groups in total. The number of benzene rings is 1. The number of halogens is 1. The fraction of sp³-hybridized carbons (Fsp3) is 0.478. The van der Waals surface area contributed by atoms with Crippen LogP contribution in [0.1, 0.15) is 58.6 Å². The third kappa shape index (κ3) is 6.05. The molecule has 0 radical (unpaired) electrons. The molecule has 0 fully saturated rings. The van der Waals surface area contributed by atoms with E-state index in [9.17, 15) is 0 Å². The van der Waals surface area contributed by atoms with Gasteiger partial charge in [0.05, 0.1) is 5.56 Å². The number of rotatable bonds is 10. The molecule has 0 saturated carbocycles. The van der Waals surface area contributed by atoms with Crippen molar-refractivity contribution in [2.45, 2.75) is 53.5 Å². The summed E-state index contributed by atoms with van der Waals surface area (Å²) in [6, 6.07) is 10.6. The molecular weight excluding hydrogens is 368 g/mol. The molecular formula is C23H33ClN4. The number of allylic oxidation sites excluding steroid dienone is 1. The van der Waals surface area contributed by atoms with Gasteiger partial charge in [-0.1, -0.05) is 61.4 Å². The van der Waals surface area contributed by atoms with E-state index in [1.807, 2.05) is 18.2 Å². The second-order valence-electron chi connectivity index (χ2n) is 7.34. The molecule has 5 heteroatoms. The quantitative estimate of drug-likeness (QED) is 0.504. The topological polar surface area (TPSA) is 41.0 Å². The molecule has 2 rings (SSSR count). The second kappa shape index (κ2) is 11.2. The third-order valence-electron chi connectivity index (χ3n) is 5.00. The molecule has 0 saturated heterocycles. The van der Waals surface area contributed by atoms with E-state index >= 15 is 0 Å². The van der Waals surface area contributed by atoms with Crippen molar-refractivity contribution in [1.82, 2.24) is 14.9 Å². The van der Waals surface area contributed by atoms with Gasteiger partial charge in [-0.25, -0.2) is 9.97 Å². The zero-order valence-corrected chi connectivity index (χ0v) is 18.6. The smallest absolute Gasteiger partial charge is 0.142 e. The zero-order valence-electron chi connectivity index (χ0n) is 17.8. The Bertz CT molecular complexity index is 765. The van der Waals surface area contributed by atoms with Crippen LogP contribution in [-0.4, -0.2) is 40.5 Å². The molecule has 1 aromatic heterocycles. The fourth-order valence-corrected chi connectivity index (χ4v) is 3.68. The van der Waals surface area contributed by atoms with Crippen molar-refractivity contribution in [2.75, 3.05) is 25.0 Å². The summed E-state index contributed by atoms with van der Waals surface area (Å²) in [5, 5.41) is 4.06. The number of aromatic nitrogens is 2. The molecule has 2 aromatic rings. The largest absolute Gasteiger partial charge is 0.367 e. The number of nitrogens with zero attached hydrogens (tertiary/aromatic N) is 3. The lowest BCUT2D eigenvalue weighted by Crippen LogP contribution is -2.26. The Morgan fingerprint density at radius 1 is 1.11 bits per heavy atom. The maximum Gasteiger partial charge on any atom is 0.142 e. The van der Waals surface area contributed by atoms with Gasteiger partial charge in [0.1, 0.15) is 17.3 Å². The summed E-state index contributed by atoms with van der Waals surface area (Å²) in [7, 11) is 0. The van der Waals surface area contributed by atoms with Crippen molar-refractivity contribution in [3.8, 4) is 0 Å². The minimum Gasteiger partial charge on any atom is -0.367 e. The van der Waals surface area contributed by atoms with E-state index < -0.39 is 0 Å². The van der Waals surface area contributed by atoms with Crippen molar-refractivity contribution in [3.05, 3.63) is 58.5 Å².